The SMILES string of the molecule is O=C(c1ccc(Cl)cc1Cl)C1C2CCCN2C2(C(=O)Nc3ccc(F)cc32)C12C(=O)Nc1ccccc12. The van der Waals surface area contributed by atoms with Crippen molar-refractivity contribution in [3.63, 3.8) is 0 Å². The molecule has 2 spiro atoms. The van der Waals surface area contributed by atoms with Crippen molar-refractivity contribution < 1.29 is 18.8 Å². The third-order valence-electron chi connectivity index (χ3n) is 8.54. The van der Waals surface area contributed by atoms with Crippen molar-refractivity contribution in [2.75, 3.05) is 17.2 Å². The Morgan fingerprint density at radius 2 is 1.70 bits per heavy atom. The third kappa shape index (κ3) is 2.62. The molecule has 0 aromatic heterocycles. The number of amides is 2. The largest absolute Gasteiger partial charge is 0.325 e. The third-order valence-corrected chi connectivity index (χ3v) is 9.09. The first-order valence-corrected chi connectivity index (χ1v) is 12.9. The quantitative estimate of drug-likeness (QED) is 0.445. The molecule has 0 radical (unpaired) electrons. The second kappa shape index (κ2) is 7.63. The zero-order chi connectivity index (χ0) is 25.7. The van der Waals surface area contributed by atoms with E-state index in [0.29, 0.717) is 40.5 Å². The molecule has 7 rings (SSSR count). The van der Waals surface area contributed by atoms with Crippen molar-refractivity contribution in [1.82, 2.24) is 4.90 Å². The van der Waals surface area contributed by atoms with E-state index in [-0.39, 0.29) is 16.4 Å². The minimum atomic E-state index is -1.65. The van der Waals surface area contributed by atoms with Crippen molar-refractivity contribution in [2.24, 2.45) is 5.92 Å². The molecular weight excluding hydrogens is 516 g/mol. The maximum atomic E-state index is 14.8. The second-order valence-electron chi connectivity index (χ2n) is 10.0. The maximum Gasteiger partial charge on any atom is 0.251 e. The van der Waals surface area contributed by atoms with Crippen molar-refractivity contribution >= 4 is 52.2 Å². The number of Topliss-reactive ketones (excluding diaryl/α,β-unsaturated/α-hetero) is 1. The van der Waals surface area contributed by atoms with Crippen LogP contribution in [0.1, 0.15) is 34.3 Å². The van der Waals surface area contributed by atoms with Gasteiger partial charge in [0.25, 0.3) is 5.91 Å². The molecule has 3 aromatic carbocycles. The van der Waals surface area contributed by atoms with E-state index in [4.69, 9.17) is 23.2 Å². The van der Waals surface area contributed by atoms with Crippen molar-refractivity contribution in [3.8, 4) is 0 Å². The number of halogens is 3. The van der Waals surface area contributed by atoms with E-state index in [0.717, 1.165) is 6.42 Å². The first-order valence-electron chi connectivity index (χ1n) is 12.1. The van der Waals surface area contributed by atoms with E-state index in [1.165, 1.54) is 24.3 Å². The lowest BCUT2D eigenvalue weighted by Gasteiger charge is -2.43. The molecule has 4 aliphatic rings. The van der Waals surface area contributed by atoms with Gasteiger partial charge in [-0.2, -0.15) is 0 Å². The Hall–Kier alpha value is -3.26. The van der Waals surface area contributed by atoms with E-state index in [1.54, 1.807) is 36.4 Å². The monoisotopic (exact) mass is 535 g/mol. The summed E-state index contributed by atoms with van der Waals surface area (Å²) in [5, 5.41) is 6.41. The number of fused-ring (bicyclic) bond motifs is 7. The summed E-state index contributed by atoms with van der Waals surface area (Å²) in [6.07, 6.45) is 1.32. The van der Waals surface area contributed by atoms with Gasteiger partial charge in [-0.1, -0.05) is 41.4 Å². The van der Waals surface area contributed by atoms with Crippen molar-refractivity contribution in [1.29, 1.82) is 0 Å². The molecular formula is C28H20Cl2FN3O3. The number of para-hydroxylation sites is 1. The topological polar surface area (TPSA) is 78.5 Å². The van der Waals surface area contributed by atoms with E-state index < -0.39 is 40.5 Å². The van der Waals surface area contributed by atoms with Gasteiger partial charge in [0.15, 0.2) is 5.78 Å². The van der Waals surface area contributed by atoms with Crippen LogP contribution in [0.3, 0.4) is 0 Å². The van der Waals surface area contributed by atoms with Gasteiger partial charge in [0.1, 0.15) is 16.8 Å². The van der Waals surface area contributed by atoms with E-state index in [2.05, 4.69) is 10.6 Å². The highest BCUT2D eigenvalue weighted by molar-refractivity contribution is 6.37. The smallest absolute Gasteiger partial charge is 0.251 e. The van der Waals surface area contributed by atoms with Crippen LogP contribution in [0.5, 0.6) is 0 Å². The number of hydrogen-bond donors (Lipinski definition) is 2. The molecule has 0 saturated carbocycles. The molecule has 4 heterocycles. The number of anilines is 2. The van der Waals surface area contributed by atoms with E-state index in [1.807, 2.05) is 4.90 Å². The number of hydrogen-bond acceptors (Lipinski definition) is 4. The van der Waals surface area contributed by atoms with Crippen LogP contribution < -0.4 is 10.6 Å². The highest BCUT2D eigenvalue weighted by atomic mass is 35.5. The Balaban J connectivity index is 1.60. The Bertz CT molecular complexity index is 1560. The zero-order valence-electron chi connectivity index (χ0n) is 19.4. The molecule has 2 amide bonds. The Labute approximate surface area is 221 Å². The second-order valence-corrected chi connectivity index (χ2v) is 10.9. The molecule has 186 valence electrons. The molecule has 9 heteroatoms. The molecule has 2 fully saturated rings. The summed E-state index contributed by atoms with van der Waals surface area (Å²) in [5.41, 5.74) is -1.16. The molecule has 4 unspecified atom stereocenters. The maximum absolute atomic E-state index is 14.8. The molecule has 37 heavy (non-hydrogen) atoms. The van der Waals surface area contributed by atoms with Gasteiger partial charge < -0.3 is 10.6 Å². The highest BCUT2D eigenvalue weighted by Gasteiger charge is 2.81. The lowest BCUT2D eigenvalue weighted by molar-refractivity contribution is -0.137. The normalized spacial score (nSPS) is 29.4. The van der Waals surface area contributed by atoms with Gasteiger partial charge in [0, 0.05) is 33.6 Å². The first kappa shape index (κ1) is 22.9. The van der Waals surface area contributed by atoms with Gasteiger partial charge >= 0.3 is 0 Å². The average molecular weight is 536 g/mol. The van der Waals surface area contributed by atoms with Crippen LogP contribution in [0.4, 0.5) is 15.8 Å². The van der Waals surface area contributed by atoms with Gasteiger partial charge in [0.05, 0.1) is 10.9 Å². The molecule has 6 nitrogen and oxygen atoms in total. The lowest BCUT2D eigenvalue weighted by Crippen LogP contribution is -2.62. The Morgan fingerprint density at radius 1 is 0.946 bits per heavy atom. The summed E-state index contributed by atoms with van der Waals surface area (Å²) in [7, 11) is 0. The predicted octanol–water partition coefficient (Wildman–Crippen LogP) is 5.15. The molecule has 2 N–H and O–H groups in total. The van der Waals surface area contributed by atoms with Crippen LogP contribution in [0.15, 0.2) is 60.7 Å². The minimum absolute atomic E-state index is 0.173. The molecule has 2 saturated heterocycles. The molecule has 4 atom stereocenters. The van der Waals surface area contributed by atoms with Crippen LogP contribution in [-0.2, 0) is 20.5 Å². The molecule has 0 aliphatic carbocycles. The summed E-state index contributed by atoms with van der Waals surface area (Å²) in [4.78, 5) is 45.1. The number of benzene rings is 3. The summed E-state index contributed by atoms with van der Waals surface area (Å²) >= 11 is 12.6. The van der Waals surface area contributed by atoms with Crippen molar-refractivity contribution in [3.05, 3.63) is 93.2 Å². The molecule has 0 bridgehead atoms. The number of rotatable bonds is 2. The summed E-state index contributed by atoms with van der Waals surface area (Å²) in [6, 6.07) is 15.4. The fourth-order valence-electron chi connectivity index (χ4n) is 7.41. The fraction of sp³-hybridized carbons (Fsp3) is 0.250. The predicted molar refractivity (Wildman–Crippen MR) is 137 cm³/mol. The van der Waals surface area contributed by atoms with Gasteiger partial charge in [-0.05, 0) is 67.4 Å². The van der Waals surface area contributed by atoms with Gasteiger partial charge in [-0.15, -0.1) is 0 Å². The highest BCUT2D eigenvalue weighted by Crippen LogP contribution is 2.68. The average Bonchev–Trinajstić information content (AvgIpc) is 3.58. The number of carbonyl (C=O) groups excluding carboxylic acids is 3. The first-order chi connectivity index (χ1) is 17.8. The van der Waals surface area contributed by atoms with Gasteiger partial charge in [-0.3, -0.25) is 19.3 Å². The minimum Gasteiger partial charge on any atom is -0.325 e. The van der Waals surface area contributed by atoms with Crippen LogP contribution >= 0.6 is 23.2 Å². The molecule has 4 aliphatic heterocycles. The van der Waals surface area contributed by atoms with Crippen molar-refractivity contribution in [2.45, 2.75) is 29.8 Å². The van der Waals surface area contributed by atoms with Crippen LogP contribution in [0, 0.1) is 11.7 Å². The molecule has 3 aromatic rings. The van der Waals surface area contributed by atoms with Gasteiger partial charge in [-0.25, -0.2) is 4.39 Å². The summed E-state index contributed by atoms with van der Waals surface area (Å²) < 4.78 is 14.8. The summed E-state index contributed by atoms with van der Waals surface area (Å²) in [5.74, 6) is -2.73. The number of ketones is 1. The van der Waals surface area contributed by atoms with Crippen LogP contribution in [0.25, 0.3) is 0 Å². The van der Waals surface area contributed by atoms with E-state index >= 15 is 0 Å². The van der Waals surface area contributed by atoms with Crippen LogP contribution in [0.2, 0.25) is 10.0 Å². The standard InChI is InChI=1S/C28H20Cl2FN3O3/c29-14-7-9-16(19(30)12-14)24(35)23-22-6-3-11-34(22)28(18-13-15(31)8-10-21(18)33-26(28)37)27(23)17-4-1-2-5-20(17)32-25(27)36/h1-2,4-5,7-10,12-13,22-23H,3,6,11H2,(H,32,36)(H,33,37). The van der Waals surface area contributed by atoms with E-state index in [9.17, 15) is 18.8 Å². The Morgan fingerprint density at radius 3 is 2.51 bits per heavy atom. The Kier molecular flexibility index (Phi) is 4.72. The fourth-order valence-corrected chi connectivity index (χ4v) is 7.91. The van der Waals surface area contributed by atoms with Crippen LogP contribution in [-0.4, -0.2) is 35.1 Å². The van der Waals surface area contributed by atoms with Gasteiger partial charge in [0.2, 0.25) is 5.91 Å². The number of nitrogens with one attached hydrogen (secondary N) is 2. The number of nitrogens with zero attached hydrogens (tertiary/aromatic N) is 1. The lowest BCUT2D eigenvalue weighted by atomic mass is 9.57. The zero-order valence-corrected chi connectivity index (χ0v) is 20.9. The number of carbonyl (C=O) groups is 3. The summed E-state index contributed by atoms with van der Waals surface area (Å²) in [6.45, 7) is 0.476.